The Hall–Kier alpha value is -2.10. The standard InChI is InChI=1S/C17H21N3O/c1-19(2)17(21)14-6-8-15-13(12-14)7-9-16(18-15)20-10-4-3-5-11-20/h6-9,12H,3-5,10-11H2,1-2H3. The Balaban J connectivity index is 1.92. The molecule has 1 aliphatic heterocycles. The van der Waals surface area contributed by atoms with Crippen LogP contribution in [0.2, 0.25) is 0 Å². The molecule has 4 nitrogen and oxygen atoms in total. The summed E-state index contributed by atoms with van der Waals surface area (Å²) in [6, 6.07) is 9.86. The van der Waals surface area contributed by atoms with Crippen molar-refractivity contribution < 1.29 is 4.79 Å². The number of rotatable bonds is 2. The Kier molecular flexibility index (Phi) is 3.78. The second-order valence-corrected chi connectivity index (χ2v) is 5.82. The van der Waals surface area contributed by atoms with Gasteiger partial charge in [0.25, 0.3) is 5.91 Å². The monoisotopic (exact) mass is 283 g/mol. The fourth-order valence-corrected chi connectivity index (χ4v) is 2.81. The van der Waals surface area contributed by atoms with Crippen molar-refractivity contribution in [3.63, 3.8) is 0 Å². The highest BCUT2D eigenvalue weighted by Gasteiger charge is 2.13. The van der Waals surface area contributed by atoms with Gasteiger partial charge in [0.05, 0.1) is 5.52 Å². The van der Waals surface area contributed by atoms with E-state index in [1.165, 1.54) is 19.3 Å². The highest BCUT2D eigenvalue weighted by Crippen LogP contribution is 2.22. The van der Waals surface area contributed by atoms with Crippen LogP contribution in [0, 0.1) is 0 Å². The molecule has 4 heteroatoms. The third-order valence-corrected chi connectivity index (χ3v) is 4.01. The van der Waals surface area contributed by atoms with Gasteiger partial charge in [0, 0.05) is 38.1 Å². The second kappa shape index (κ2) is 5.72. The summed E-state index contributed by atoms with van der Waals surface area (Å²) in [4.78, 5) is 20.7. The average molecular weight is 283 g/mol. The van der Waals surface area contributed by atoms with Gasteiger partial charge in [-0.05, 0) is 49.6 Å². The van der Waals surface area contributed by atoms with Crippen molar-refractivity contribution in [1.82, 2.24) is 9.88 Å². The van der Waals surface area contributed by atoms with E-state index < -0.39 is 0 Å². The van der Waals surface area contributed by atoms with Gasteiger partial charge < -0.3 is 9.80 Å². The first kappa shape index (κ1) is 13.9. The van der Waals surface area contributed by atoms with Gasteiger partial charge in [-0.1, -0.05) is 0 Å². The number of benzene rings is 1. The van der Waals surface area contributed by atoms with Gasteiger partial charge >= 0.3 is 0 Å². The Morgan fingerprint density at radius 3 is 2.57 bits per heavy atom. The van der Waals surface area contributed by atoms with E-state index in [0.29, 0.717) is 5.56 Å². The average Bonchev–Trinajstić information content (AvgIpc) is 2.54. The first-order valence-electron chi connectivity index (χ1n) is 7.52. The molecule has 2 heterocycles. The summed E-state index contributed by atoms with van der Waals surface area (Å²) in [5.41, 5.74) is 1.66. The topological polar surface area (TPSA) is 36.4 Å². The number of pyridine rings is 1. The zero-order valence-electron chi connectivity index (χ0n) is 12.7. The largest absolute Gasteiger partial charge is 0.357 e. The van der Waals surface area contributed by atoms with Crippen LogP contribution in [0.5, 0.6) is 0 Å². The molecule has 3 rings (SSSR count). The van der Waals surface area contributed by atoms with Crippen LogP contribution in [0.4, 0.5) is 5.82 Å². The molecule has 1 fully saturated rings. The number of anilines is 1. The molecule has 0 atom stereocenters. The molecule has 2 aromatic rings. The minimum atomic E-state index is 0.0250. The van der Waals surface area contributed by atoms with E-state index in [1.54, 1.807) is 19.0 Å². The number of aromatic nitrogens is 1. The van der Waals surface area contributed by atoms with E-state index in [1.807, 2.05) is 18.2 Å². The van der Waals surface area contributed by atoms with Crippen molar-refractivity contribution in [2.24, 2.45) is 0 Å². The van der Waals surface area contributed by atoms with E-state index in [9.17, 15) is 4.79 Å². The van der Waals surface area contributed by atoms with Crippen LogP contribution in [-0.2, 0) is 0 Å². The van der Waals surface area contributed by atoms with Gasteiger partial charge in [0.15, 0.2) is 0 Å². The van der Waals surface area contributed by atoms with E-state index in [-0.39, 0.29) is 5.91 Å². The molecule has 1 amide bonds. The van der Waals surface area contributed by atoms with Crippen molar-refractivity contribution >= 4 is 22.6 Å². The molecule has 21 heavy (non-hydrogen) atoms. The lowest BCUT2D eigenvalue weighted by Gasteiger charge is -2.27. The van der Waals surface area contributed by atoms with Gasteiger partial charge in [0.2, 0.25) is 0 Å². The zero-order chi connectivity index (χ0) is 14.8. The molecule has 0 bridgehead atoms. The van der Waals surface area contributed by atoms with Gasteiger partial charge in [0.1, 0.15) is 5.82 Å². The van der Waals surface area contributed by atoms with Gasteiger partial charge in [-0.15, -0.1) is 0 Å². The molecular formula is C17H21N3O. The number of hydrogen-bond acceptors (Lipinski definition) is 3. The first-order chi connectivity index (χ1) is 10.1. The summed E-state index contributed by atoms with van der Waals surface area (Å²) in [6.45, 7) is 2.19. The maximum Gasteiger partial charge on any atom is 0.253 e. The molecule has 0 aliphatic carbocycles. The van der Waals surface area contributed by atoms with E-state index in [2.05, 4.69) is 17.0 Å². The lowest BCUT2D eigenvalue weighted by Crippen LogP contribution is -2.30. The number of nitrogens with zero attached hydrogens (tertiary/aromatic N) is 3. The Labute approximate surface area is 125 Å². The number of piperidine rings is 1. The minimum Gasteiger partial charge on any atom is -0.357 e. The van der Waals surface area contributed by atoms with Crippen molar-refractivity contribution in [3.8, 4) is 0 Å². The van der Waals surface area contributed by atoms with E-state index >= 15 is 0 Å². The third-order valence-electron chi connectivity index (χ3n) is 4.01. The predicted molar refractivity (Wildman–Crippen MR) is 85.8 cm³/mol. The quantitative estimate of drug-likeness (QED) is 0.850. The van der Waals surface area contributed by atoms with Crippen molar-refractivity contribution in [2.75, 3.05) is 32.1 Å². The fourth-order valence-electron chi connectivity index (χ4n) is 2.81. The molecule has 0 N–H and O–H groups in total. The van der Waals surface area contributed by atoms with Crippen LogP contribution >= 0.6 is 0 Å². The zero-order valence-corrected chi connectivity index (χ0v) is 12.7. The second-order valence-electron chi connectivity index (χ2n) is 5.82. The van der Waals surface area contributed by atoms with Gasteiger partial charge in [-0.3, -0.25) is 4.79 Å². The van der Waals surface area contributed by atoms with E-state index in [4.69, 9.17) is 4.98 Å². The van der Waals surface area contributed by atoms with Crippen molar-refractivity contribution in [2.45, 2.75) is 19.3 Å². The molecule has 0 saturated carbocycles. The van der Waals surface area contributed by atoms with Crippen LogP contribution in [-0.4, -0.2) is 43.0 Å². The normalized spacial score (nSPS) is 15.2. The van der Waals surface area contributed by atoms with E-state index in [0.717, 1.165) is 29.8 Å². The molecule has 0 radical (unpaired) electrons. The lowest BCUT2D eigenvalue weighted by molar-refractivity contribution is 0.0828. The Bertz CT molecular complexity index is 660. The van der Waals surface area contributed by atoms with Crippen molar-refractivity contribution in [3.05, 3.63) is 35.9 Å². The lowest BCUT2D eigenvalue weighted by atomic mass is 10.1. The minimum absolute atomic E-state index is 0.0250. The van der Waals surface area contributed by atoms with Crippen LogP contribution in [0.15, 0.2) is 30.3 Å². The number of hydrogen-bond donors (Lipinski definition) is 0. The summed E-state index contributed by atoms with van der Waals surface area (Å²) < 4.78 is 0. The predicted octanol–water partition coefficient (Wildman–Crippen LogP) is 2.93. The molecular weight excluding hydrogens is 262 g/mol. The molecule has 1 saturated heterocycles. The van der Waals surface area contributed by atoms with Crippen LogP contribution in [0.25, 0.3) is 10.9 Å². The summed E-state index contributed by atoms with van der Waals surface area (Å²) >= 11 is 0. The molecule has 0 unspecified atom stereocenters. The highest BCUT2D eigenvalue weighted by atomic mass is 16.2. The fraction of sp³-hybridized carbons (Fsp3) is 0.412. The Morgan fingerprint density at radius 2 is 1.86 bits per heavy atom. The number of amides is 1. The SMILES string of the molecule is CN(C)C(=O)c1ccc2nc(N3CCCCC3)ccc2c1. The smallest absolute Gasteiger partial charge is 0.253 e. The van der Waals surface area contributed by atoms with Gasteiger partial charge in [-0.25, -0.2) is 4.98 Å². The first-order valence-corrected chi connectivity index (χ1v) is 7.52. The Morgan fingerprint density at radius 1 is 1.10 bits per heavy atom. The molecule has 1 aliphatic rings. The highest BCUT2D eigenvalue weighted by molar-refractivity contribution is 5.97. The van der Waals surface area contributed by atoms with Gasteiger partial charge in [-0.2, -0.15) is 0 Å². The molecule has 1 aromatic carbocycles. The molecule has 0 spiro atoms. The number of fused-ring (bicyclic) bond motifs is 1. The third kappa shape index (κ3) is 2.84. The summed E-state index contributed by atoms with van der Waals surface area (Å²) in [5, 5.41) is 1.02. The van der Waals surface area contributed by atoms with Crippen LogP contribution in [0.3, 0.4) is 0 Å². The molecule has 110 valence electrons. The number of carbonyl (C=O) groups excluding carboxylic acids is 1. The maximum atomic E-state index is 12.0. The summed E-state index contributed by atoms with van der Waals surface area (Å²) in [5.74, 6) is 1.07. The molecule has 1 aromatic heterocycles. The van der Waals surface area contributed by atoms with Crippen molar-refractivity contribution in [1.29, 1.82) is 0 Å². The maximum absolute atomic E-state index is 12.0. The van der Waals surface area contributed by atoms with Crippen LogP contribution < -0.4 is 4.90 Å². The summed E-state index contributed by atoms with van der Waals surface area (Å²) in [7, 11) is 3.54. The van der Waals surface area contributed by atoms with Crippen LogP contribution in [0.1, 0.15) is 29.6 Å². The number of carbonyl (C=O) groups is 1. The summed E-state index contributed by atoms with van der Waals surface area (Å²) in [6.07, 6.45) is 3.81.